The third kappa shape index (κ3) is 3.93. The number of hydrogen-bond acceptors (Lipinski definition) is 7. The van der Waals surface area contributed by atoms with E-state index in [0.717, 1.165) is 32.1 Å². The highest BCUT2D eigenvalue weighted by atomic mass is 32.2. The normalized spacial score (nSPS) is 16.6. The van der Waals surface area contributed by atoms with Crippen molar-refractivity contribution in [3.63, 3.8) is 0 Å². The molecule has 3 heterocycles. The van der Waals surface area contributed by atoms with E-state index in [0.29, 0.717) is 30.1 Å². The molecule has 9 heteroatoms. The van der Waals surface area contributed by atoms with E-state index < -0.39 is 5.76 Å². The maximum Gasteiger partial charge on any atom is 0.417 e. The van der Waals surface area contributed by atoms with E-state index in [1.807, 2.05) is 30.3 Å². The van der Waals surface area contributed by atoms with Crippen molar-refractivity contribution in [1.82, 2.24) is 15.3 Å². The lowest BCUT2D eigenvalue weighted by Gasteiger charge is -2.09. The van der Waals surface area contributed by atoms with Crippen LogP contribution in [0.3, 0.4) is 0 Å². The van der Waals surface area contributed by atoms with Gasteiger partial charge in [0.1, 0.15) is 0 Å². The van der Waals surface area contributed by atoms with Crippen molar-refractivity contribution in [1.29, 1.82) is 0 Å². The average molecular weight is 428 g/mol. The first-order chi connectivity index (χ1) is 14.1. The fourth-order valence-electron chi connectivity index (χ4n) is 3.31. The average Bonchev–Trinajstić information content (AvgIpc) is 3.43. The highest BCUT2D eigenvalue weighted by Gasteiger charge is 2.18. The van der Waals surface area contributed by atoms with Crippen molar-refractivity contribution in [3.8, 4) is 11.1 Å². The zero-order chi connectivity index (χ0) is 19.8. The summed E-state index contributed by atoms with van der Waals surface area (Å²) in [5.41, 5.74) is 4.09. The van der Waals surface area contributed by atoms with Crippen molar-refractivity contribution in [2.75, 3.05) is 19.0 Å². The molecule has 0 radical (unpaired) electrons. The molecule has 0 unspecified atom stereocenters. The van der Waals surface area contributed by atoms with Crippen LogP contribution < -0.4 is 11.1 Å². The number of nitrogens with zero attached hydrogens (tertiary/aromatic N) is 1. The van der Waals surface area contributed by atoms with E-state index in [1.54, 1.807) is 11.3 Å². The van der Waals surface area contributed by atoms with Crippen LogP contribution in [0, 0.1) is 0 Å². The first-order valence-corrected chi connectivity index (χ1v) is 11.0. The number of nitrogens with one attached hydrogen (secondary N) is 2. The maximum absolute atomic E-state index is 12.1. The first-order valence-electron chi connectivity index (χ1n) is 9.18. The largest absolute Gasteiger partial charge is 0.417 e. The number of benzene rings is 2. The molecule has 2 aromatic carbocycles. The van der Waals surface area contributed by atoms with E-state index in [-0.39, 0.29) is 11.9 Å². The maximum atomic E-state index is 12.1. The second-order valence-corrected chi connectivity index (χ2v) is 9.06. The van der Waals surface area contributed by atoms with Gasteiger partial charge in [0.05, 0.1) is 34.1 Å². The van der Waals surface area contributed by atoms with Crippen LogP contribution in [0.1, 0.15) is 6.42 Å². The lowest BCUT2D eigenvalue weighted by Crippen LogP contribution is -2.36. The summed E-state index contributed by atoms with van der Waals surface area (Å²) < 4.78 is 12.3. The van der Waals surface area contributed by atoms with Crippen molar-refractivity contribution < 1.29 is 13.9 Å². The SMILES string of the molecule is O=C(CSc1nc2ccc(-c3ccc4[nH]c(=O)oc4c3)cc2s1)N[C@@H]1CCOC1. The van der Waals surface area contributed by atoms with E-state index in [2.05, 4.69) is 21.4 Å². The number of fused-ring (bicyclic) bond motifs is 2. The summed E-state index contributed by atoms with van der Waals surface area (Å²) in [6.07, 6.45) is 0.873. The standard InChI is InChI=1S/C20H17N3O4S2/c24-18(21-13-5-6-26-9-13)10-28-20-23-15-4-2-12(8-17(15)29-20)11-1-3-14-16(7-11)27-19(25)22-14/h1-4,7-8,13H,5-6,9-10H2,(H,21,24)(H,22,25)/t13-/m1/s1. The molecule has 1 atom stereocenters. The molecule has 4 aromatic rings. The van der Waals surface area contributed by atoms with Crippen LogP contribution in [0.4, 0.5) is 0 Å². The highest BCUT2D eigenvalue weighted by molar-refractivity contribution is 8.01. The fourth-order valence-corrected chi connectivity index (χ4v) is 5.23. The molecule has 7 nitrogen and oxygen atoms in total. The molecule has 2 N–H and O–H groups in total. The van der Waals surface area contributed by atoms with Gasteiger partial charge < -0.3 is 14.5 Å². The molecular formula is C20H17N3O4S2. The minimum atomic E-state index is -0.457. The lowest BCUT2D eigenvalue weighted by molar-refractivity contribution is -0.119. The van der Waals surface area contributed by atoms with Crippen LogP contribution in [0.5, 0.6) is 0 Å². The Labute approximate surface area is 173 Å². The number of ether oxygens (including phenoxy) is 1. The fraction of sp³-hybridized carbons (Fsp3) is 0.250. The zero-order valence-corrected chi connectivity index (χ0v) is 16.9. The van der Waals surface area contributed by atoms with Gasteiger partial charge in [0.2, 0.25) is 5.91 Å². The number of oxazole rings is 1. The zero-order valence-electron chi connectivity index (χ0n) is 15.3. The van der Waals surface area contributed by atoms with Gasteiger partial charge in [-0.3, -0.25) is 9.78 Å². The van der Waals surface area contributed by atoms with Crippen LogP contribution >= 0.6 is 23.1 Å². The van der Waals surface area contributed by atoms with Crippen molar-refractivity contribution in [2.24, 2.45) is 0 Å². The van der Waals surface area contributed by atoms with Crippen LogP contribution in [0.2, 0.25) is 0 Å². The second kappa shape index (κ2) is 7.66. The summed E-state index contributed by atoms with van der Waals surface area (Å²) in [6.45, 7) is 1.31. The Kier molecular flexibility index (Phi) is 4.86. The molecule has 1 aliphatic heterocycles. The van der Waals surface area contributed by atoms with Crippen molar-refractivity contribution in [2.45, 2.75) is 16.8 Å². The molecule has 0 bridgehead atoms. The van der Waals surface area contributed by atoms with Gasteiger partial charge in [-0.2, -0.15) is 0 Å². The summed E-state index contributed by atoms with van der Waals surface area (Å²) in [5.74, 6) is -0.111. The Hall–Kier alpha value is -2.62. The van der Waals surface area contributed by atoms with Crippen LogP contribution in [-0.2, 0) is 9.53 Å². The monoisotopic (exact) mass is 427 g/mol. The third-order valence-corrected chi connectivity index (χ3v) is 6.91. The lowest BCUT2D eigenvalue weighted by atomic mass is 10.1. The number of carbonyl (C=O) groups excluding carboxylic acids is 1. The molecule has 0 aliphatic carbocycles. The summed E-state index contributed by atoms with van der Waals surface area (Å²) in [5, 5.41) is 2.99. The van der Waals surface area contributed by atoms with E-state index in [1.165, 1.54) is 11.8 Å². The molecule has 0 saturated carbocycles. The number of aromatic nitrogens is 2. The van der Waals surface area contributed by atoms with E-state index >= 15 is 0 Å². The number of thiazole rings is 1. The molecular weight excluding hydrogens is 410 g/mol. The van der Waals surface area contributed by atoms with Gasteiger partial charge in [-0.1, -0.05) is 23.9 Å². The number of amides is 1. The molecule has 29 heavy (non-hydrogen) atoms. The predicted octanol–water partition coefficient (Wildman–Crippen LogP) is 3.40. The molecule has 1 saturated heterocycles. The topological polar surface area (TPSA) is 97.2 Å². The first kappa shape index (κ1) is 18.4. The smallest absolute Gasteiger partial charge is 0.408 e. The number of carbonyl (C=O) groups is 1. The molecule has 148 valence electrons. The van der Waals surface area contributed by atoms with Crippen LogP contribution in [-0.4, -0.2) is 40.9 Å². The number of thioether (sulfide) groups is 1. The molecule has 1 fully saturated rings. The van der Waals surface area contributed by atoms with Gasteiger partial charge >= 0.3 is 5.76 Å². The number of rotatable bonds is 5. The minimum absolute atomic E-state index is 0.00624. The number of aromatic amines is 1. The van der Waals surface area contributed by atoms with Gasteiger partial charge in [-0.15, -0.1) is 11.3 Å². The molecule has 0 spiro atoms. The Balaban J connectivity index is 1.32. The van der Waals surface area contributed by atoms with E-state index in [4.69, 9.17) is 9.15 Å². The second-order valence-electron chi connectivity index (χ2n) is 6.80. The third-order valence-electron chi connectivity index (χ3n) is 4.74. The Bertz CT molecular complexity index is 1250. The van der Waals surface area contributed by atoms with Crippen molar-refractivity contribution in [3.05, 3.63) is 46.9 Å². The summed E-state index contributed by atoms with van der Waals surface area (Å²) in [7, 11) is 0. The van der Waals surface area contributed by atoms with Gasteiger partial charge in [-0.25, -0.2) is 9.78 Å². The number of H-pyrrole nitrogens is 1. The molecule has 2 aromatic heterocycles. The number of hydrogen-bond donors (Lipinski definition) is 2. The van der Waals surface area contributed by atoms with Gasteiger partial charge in [0.15, 0.2) is 9.92 Å². The summed E-state index contributed by atoms with van der Waals surface area (Å²) in [4.78, 5) is 30.7. The van der Waals surface area contributed by atoms with E-state index in [9.17, 15) is 9.59 Å². The molecule has 5 rings (SSSR count). The highest BCUT2D eigenvalue weighted by Crippen LogP contribution is 2.33. The molecule has 1 amide bonds. The van der Waals surface area contributed by atoms with Gasteiger partial charge in [-0.05, 0) is 41.8 Å². The Morgan fingerprint density at radius 3 is 3.00 bits per heavy atom. The summed E-state index contributed by atoms with van der Waals surface area (Å²) in [6, 6.07) is 11.8. The Morgan fingerprint density at radius 1 is 1.28 bits per heavy atom. The summed E-state index contributed by atoms with van der Waals surface area (Å²) >= 11 is 3.01. The van der Waals surface area contributed by atoms with Crippen LogP contribution in [0.25, 0.3) is 32.4 Å². The van der Waals surface area contributed by atoms with Crippen LogP contribution in [0.15, 0.2) is 49.9 Å². The van der Waals surface area contributed by atoms with Gasteiger partial charge in [0.25, 0.3) is 0 Å². The van der Waals surface area contributed by atoms with Crippen molar-refractivity contribution >= 4 is 50.3 Å². The minimum Gasteiger partial charge on any atom is -0.408 e. The quantitative estimate of drug-likeness (QED) is 0.474. The van der Waals surface area contributed by atoms with Gasteiger partial charge in [0, 0.05) is 6.61 Å². The predicted molar refractivity (Wildman–Crippen MR) is 114 cm³/mol. The Morgan fingerprint density at radius 2 is 2.14 bits per heavy atom. The molecule has 1 aliphatic rings.